The second kappa shape index (κ2) is 30.3. The number of hydrogen-bond acceptors (Lipinski definition) is 11. The van der Waals surface area contributed by atoms with E-state index in [0.29, 0.717) is 139 Å². The number of benzene rings is 1. The Bertz CT molecular complexity index is 570. The van der Waals surface area contributed by atoms with Crippen LogP contribution < -0.4 is 5.73 Å². The van der Waals surface area contributed by atoms with Crippen LogP contribution in [0.5, 0.6) is 0 Å². The molecule has 0 spiro atoms. The summed E-state index contributed by atoms with van der Waals surface area (Å²) < 4.78 is 54.3. The fraction of sp³-hybridized carbons (Fsp3) is 0.778. The van der Waals surface area contributed by atoms with Crippen LogP contribution in [0.25, 0.3) is 0 Å². The summed E-state index contributed by atoms with van der Waals surface area (Å²) in [5.74, 6) is 0. The van der Waals surface area contributed by atoms with Crippen LogP contribution in [-0.4, -0.2) is 132 Å². The molecule has 1 rings (SSSR count). The summed E-state index contributed by atoms with van der Waals surface area (Å²) in [5.41, 5.74) is 6.48. The molecule has 38 heavy (non-hydrogen) atoms. The van der Waals surface area contributed by atoms with Crippen molar-refractivity contribution in [2.75, 3.05) is 132 Å². The topological polar surface area (TPSA) is 118 Å². The summed E-state index contributed by atoms with van der Waals surface area (Å²) >= 11 is 0. The third-order valence-corrected chi connectivity index (χ3v) is 4.72. The predicted molar refractivity (Wildman–Crippen MR) is 143 cm³/mol. The Labute approximate surface area is 228 Å². The van der Waals surface area contributed by atoms with E-state index in [0.717, 1.165) is 5.56 Å². The van der Waals surface area contributed by atoms with Crippen molar-refractivity contribution in [3.8, 4) is 0 Å². The standard InChI is InChI=1S/C27H49NO10/c28-6-7-29-8-9-30-10-11-31-12-13-32-14-15-33-16-17-34-18-19-35-20-21-36-22-23-37-24-25-38-26-27-4-2-1-3-5-27/h1-5H,6-26,28H2. The minimum atomic E-state index is 0.520. The molecule has 222 valence electrons. The Morgan fingerprint density at radius 1 is 0.342 bits per heavy atom. The molecule has 11 heteroatoms. The van der Waals surface area contributed by atoms with Crippen LogP contribution in [-0.2, 0) is 54.0 Å². The highest BCUT2D eigenvalue weighted by atomic mass is 16.6. The second-order valence-corrected chi connectivity index (χ2v) is 7.84. The normalized spacial score (nSPS) is 11.4. The van der Waals surface area contributed by atoms with Crippen molar-refractivity contribution in [3.05, 3.63) is 35.9 Å². The molecule has 0 radical (unpaired) electrons. The van der Waals surface area contributed by atoms with Crippen LogP contribution in [0.3, 0.4) is 0 Å². The highest BCUT2D eigenvalue weighted by Gasteiger charge is 1.96. The third-order valence-electron chi connectivity index (χ3n) is 4.72. The Morgan fingerprint density at radius 2 is 0.605 bits per heavy atom. The van der Waals surface area contributed by atoms with Crippen LogP contribution in [0.4, 0.5) is 0 Å². The van der Waals surface area contributed by atoms with Crippen LogP contribution in [0.2, 0.25) is 0 Å². The minimum absolute atomic E-state index is 0.520. The van der Waals surface area contributed by atoms with Crippen molar-refractivity contribution in [1.29, 1.82) is 0 Å². The van der Waals surface area contributed by atoms with E-state index in [-0.39, 0.29) is 0 Å². The summed E-state index contributed by atoms with van der Waals surface area (Å²) in [5, 5.41) is 0. The molecule has 0 fully saturated rings. The Balaban J connectivity index is 1.62. The van der Waals surface area contributed by atoms with E-state index in [4.69, 9.17) is 53.1 Å². The molecule has 0 aliphatic rings. The van der Waals surface area contributed by atoms with Crippen molar-refractivity contribution in [1.82, 2.24) is 0 Å². The van der Waals surface area contributed by atoms with Gasteiger partial charge in [-0.1, -0.05) is 30.3 Å². The van der Waals surface area contributed by atoms with Crippen molar-refractivity contribution < 1.29 is 47.4 Å². The maximum absolute atomic E-state index is 5.56. The molecule has 1 aromatic rings. The van der Waals surface area contributed by atoms with E-state index in [1.54, 1.807) is 0 Å². The van der Waals surface area contributed by atoms with E-state index in [1.807, 2.05) is 30.3 Å². The first-order chi connectivity index (χ1) is 18.9. The van der Waals surface area contributed by atoms with Gasteiger partial charge in [-0.15, -0.1) is 0 Å². The van der Waals surface area contributed by atoms with E-state index >= 15 is 0 Å². The van der Waals surface area contributed by atoms with Gasteiger partial charge in [-0.3, -0.25) is 0 Å². The van der Waals surface area contributed by atoms with Gasteiger partial charge in [0, 0.05) is 6.54 Å². The highest BCUT2D eigenvalue weighted by Crippen LogP contribution is 2.00. The van der Waals surface area contributed by atoms with Crippen molar-refractivity contribution in [2.45, 2.75) is 6.61 Å². The van der Waals surface area contributed by atoms with Gasteiger partial charge in [0.1, 0.15) is 0 Å². The van der Waals surface area contributed by atoms with Crippen molar-refractivity contribution in [2.24, 2.45) is 5.73 Å². The quantitative estimate of drug-likeness (QED) is 0.136. The third kappa shape index (κ3) is 26.4. The number of ether oxygens (including phenoxy) is 10. The van der Waals surface area contributed by atoms with Crippen LogP contribution in [0.1, 0.15) is 5.56 Å². The Hall–Kier alpha value is -1.22. The summed E-state index contributed by atoms with van der Waals surface area (Å²) in [6, 6.07) is 10.1. The Morgan fingerprint density at radius 3 is 0.895 bits per heavy atom. The van der Waals surface area contributed by atoms with Gasteiger partial charge in [0.2, 0.25) is 0 Å². The molecular formula is C27H49NO10. The molecule has 2 N–H and O–H groups in total. The molecular weight excluding hydrogens is 498 g/mol. The van der Waals surface area contributed by atoms with Gasteiger partial charge in [0.25, 0.3) is 0 Å². The zero-order chi connectivity index (χ0) is 27.0. The van der Waals surface area contributed by atoms with Gasteiger partial charge in [-0.25, -0.2) is 0 Å². The first-order valence-electron chi connectivity index (χ1n) is 13.4. The lowest BCUT2D eigenvalue weighted by atomic mass is 10.2. The average molecular weight is 548 g/mol. The predicted octanol–water partition coefficient (Wildman–Crippen LogP) is 1.31. The molecule has 0 bridgehead atoms. The van der Waals surface area contributed by atoms with Gasteiger partial charge in [0.15, 0.2) is 0 Å². The lowest BCUT2D eigenvalue weighted by Crippen LogP contribution is -2.15. The summed E-state index contributed by atoms with van der Waals surface area (Å²) in [4.78, 5) is 0. The van der Waals surface area contributed by atoms with Gasteiger partial charge >= 0.3 is 0 Å². The highest BCUT2D eigenvalue weighted by molar-refractivity contribution is 5.13. The summed E-state index contributed by atoms with van der Waals surface area (Å²) in [6.45, 7) is 11.3. The largest absolute Gasteiger partial charge is 0.378 e. The average Bonchev–Trinajstić information content (AvgIpc) is 2.94. The molecule has 11 nitrogen and oxygen atoms in total. The molecule has 0 aliphatic carbocycles. The molecule has 0 unspecified atom stereocenters. The van der Waals surface area contributed by atoms with Gasteiger partial charge in [0.05, 0.1) is 132 Å². The number of hydrogen-bond donors (Lipinski definition) is 1. The smallest absolute Gasteiger partial charge is 0.0718 e. The maximum atomic E-state index is 5.56. The molecule has 0 aliphatic heterocycles. The van der Waals surface area contributed by atoms with E-state index in [1.165, 1.54) is 0 Å². The first kappa shape index (κ1) is 34.8. The van der Waals surface area contributed by atoms with E-state index in [9.17, 15) is 0 Å². The number of nitrogens with two attached hydrogens (primary N) is 1. The van der Waals surface area contributed by atoms with Crippen LogP contribution >= 0.6 is 0 Å². The molecule has 1 aromatic carbocycles. The van der Waals surface area contributed by atoms with E-state index in [2.05, 4.69) is 0 Å². The summed E-state index contributed by atoms with van der Waals surface area (Å²) in [6.07, 6.45) is 0. The van der Waals surface area contributed by atoms with Crippen molar-refractivity contribution in [3.63, 3.8) is 0 Å². The summed E-state index contributed by atoms with van der Waals surface area (Å²) in [7, 11) is 0. The molecule has 0 aromatic heterocycles. The second-order valence-electron chi connectivity index (χ2n) is 7.84. The molecule has 0 amide bonds. The SMILES string of the molecule is NCCOCCOCCOCCOCCOCCOCCOCCOCCOCCOCc1ccccc1. The zero-order valence-corrected chi connectivity index (χ0v) is 22.9. The molecule has 0 saturated carbocycles. The number of rotatable bonds is 31. The van der Waals surface area contributed by atoms with Crippen molar-refractivity contribution >= 4 is 0 Å². The van der Waals surface area contributed by atoms with E-state index < -0.39 is 0 Å². The van der Waals surface area contributed by atoms with Gasteiger partial charge in [-0.2, -0.15) is 0 Å². The minimum Gasteiger partial charge on any atom is -0.378 e. The van der Waals surface area contributed by atoms with Crippen LogP contribution in [0, 0.1) is 0 Å². The lowest BCUT2D eigenvalue weighted by molar-refractivity contribution is -0.0266. The maximum Gasteiger partial charge on any atom is 0.0718 e. The van der Waals surface area contributed by atoms with Gasteiger partial charge in [-0.05, 0) is 5.56 Å². The Kier molecular flexibility index (Phi) is 27.8. The monoisotopic (exact) mass is 547 g/mol. The molecule has 0 heterocycles. The fourth-order valence-electron chi connectivity index (χ4n) is 2.83. The lowest BCUT2D eigenvalue weighted by Gasteiger charge is -2.09. The zero-order valence-electron chi connectivity index (χ0n) is 22.9. The first-order valence-corrected chi connectivity index (χ1v) is 13.4. The van der Waals surface area contributed by atoms with Gasteiger partial charge < -0.3 is 53.1 Å². The molecule has 0 saturated heterocycles. The molecule has 0 atom stereocenters. The fourth-order valence-corrected chi connectivity index (χ4v) is 2.83. The van der Waals surface area contributed by atoms with Crippen LogP contribution in [0.15, 0.2) is 30.3 Å².